The summed E-state index contributed by atoms with van der Waals surface area (Å²) >= 11 is 0. The molecule has 0 aromatic rings. The summed E-state index contributed by atoms with van der Waals surface area (Å²) in [6.07, 6.45) is 8.94. The summed E-state index contributed by atoms with van der Waals surface area (Å²) < 4.78 is 28.2. The molecule has 0 saturated carbocycles. The lowest BCUT2D eigenvalue weighted by Crippen LogP contribution is -2.60. The summed E-state index contributed by atoms with van der Waals surface area (Å²) in [4.78, 5) is 16.5. The number of rotatable bonds is 2. The molecule has 2 aliphatic heterocycles. The molecule has 3 rings (SSSR count). The highest BCUT2D eigenvalue weighted by molar-refractivity contribution is 7.93. The van der Waals surface area contributed by atoms with Crippen molar-refractivity contribution in [2.75, 3.05) is 13.6 Å². The fourth-order valence-corrected chi connectivity index (χ4v) is 4.65. The molecule has 1 aliphatic carbocycles. The van der Waals surface area contributed by atoms with Gasteiger partial charge in [0.05, 0.1) is 30.9 Å². The van der Waals surface area contributed by atoms with Crippen molar-refractivity contribution in [2.45, 2.75) is 43.9 Å². The van der Waals surface area contributed by atoms with Gasteiger partial charge in [0.1, 0.15) is 0 Å². The molecule has 0 aromatic carbocycles. The van der Waals surface area contributed by atoms with E-state index in [1.807, 2.05) is 0 Å². The number of halogens is 1. The van der Waals surface area contributed by atoms with Gasteiger partial charge in [0.15, 0.2) is 6.54 Å². The summed E-state index contributed by atoms with van der Waals surface area (Å²) in [5.41, 5.74) is 0.420. The molecule has 3 aliphatic rings. The van der Waals surface area contributed by atoms with Gasteiger partial charge >= 0.3 is 5.91 Å². The predicted octanol–water partition coefficient (Wildman–Crippen LogP) is 1.33. The molecule has 140 valence electrons. The largest absolute Gasteiger partial charge is 0.773 e. The van der Waals surface area contributed by atoms with E-state index >= 15 is 0 Å². The Labute approximate surface area is 154 Å². The van der Waals surface area contributed by atoms with Gasteiger partial charge in [0.25, 0.3) is 0 Å². The Morgan fingerprint density at radius 3 is 2.32 bits per heavy atom. The zero-order chi connectivity index (χ0) is 17.5. The van der Waals surface area contributed by atoms with Gasteiger partial charge in [-0.3, -0.25) is 9.57 Å². The molecule has 2 saturated heterocycles. The molecule has 9 heteroatoms. The molecule has 0 aromatic heterocycles. The van der Waals surface area contributed by atoms with Gasteiger partial charge in [-0.2, -0.15) is 0 Å². The van der Waals surface area contributed by atoms with E-state index in [0.717, 1.165) is 25.7 Å². The number of aliphatic hydroxyl groups is 1. The molecule has 2 heterocycles. The minimum Gasteiger partial charge on any atom is -0.773 e. The van der Waals surface area contributed by atoms with Gasteiger partial charge in [0, 0.05) is 30.5 Å². The van der Waals surface area contributed by atoms with Crippen LogP contribution in [0.5, 0.6) is 0 Å². The monoisotopic (exact) mass is 389 g/mol. The van der Waals surface area contributed by atoms with Crippen LogP contribution in [0, 0.1) is 4.78 Å². The topological polar surface area (TPSA) is 117 Å². The lowest BCUT2D eigenvalue weighted by Gasteiger charge is -2.45. The van der Waals surface area contributed by atoms with Gasteiger partial charge in [-0.15, -0.1) is 12.4 Å². The Hall–Kier alpha value is -1.03. The maximum absolute atomic E-state index is 12.4. The zero-order valence-electron chi connectivity index (χ0n) is 14.0. The second kappa shape index (κ2) is 7.30. The fraction of sp³-hybridized carbons (Fsp3) is 0.562. The van der Waals surface area contributed by atoms with Crippen molar-refractivity contribution in [1.82, 2.24) is 0 Å². The molecule has 2 fully saturated rings. The van der Waals surface area contributed by atoms with Gasteiger partial charge in [-0.05, 0) is 24.3 Å². The predicted molar refractivity (Wildman–Crippen MR) is 99.6 cm³/mol. The van der Waals surface area contributed by atoms with Crippen LogP contribution in [-0.2, 0) is 14.8 Å². The first-order valence-electron chi connectivity index (χ1n) is 8.07. The molecule has 3 N–H and O–H groups in total. The normalized spacial score (nSPS) is 35.9. The number of fused-ring (bicyclic) bond motifs is 2. The maximum Gasteiger partial charge on any atom is 0.301 e. The number of allylic oxidation sites excluding steroid dienone is 4. The van der Waals surface area contributed by atoms with Crippen LogP contribution in [0.2, 0.25) is 0 Å². The highest BCUT2D eigenvalue weighted by Crippen LogP contribution is 2.41. The maximum atomic E-state index is 12.4. The average Bonchev–Trinajstić information content (AvgIpc) is 2.66. The van der Waals surface area contributed by atoms with Gasteiger partial charge in [-0.1, -0.05) is 9.98 Å². The average molecular weight is 390 g/mol. The Morgan fingerprint density at radius 1 is 1.32 bits per heavy atom. The van der Waals surface area contributed by atoms with Crippen molar-refractivity contribution in [3.63, 3.8) is 0 Å². The van der Waals surface area contributed by atoms with E-state index in [-0.39, 0.29) is 29.3 Å². The van der Waals surface area contributed by atoms with Gasteiger partial charge in [0.2, 0.25) is 0 Å². The number of aliphatic hydroxyl groups excluding tert-OH is 1. The minimum atomic E-state index is -3.75. The molecule has 3 atom stereocenters. The fourth-order valence-electron chi connectivity index (χ4n) is 4.15. The van der Waals surface area contributed by atoms with E-state index in [9.17, 15) is 19.0 Å². The zero-order valence-corrected chi connectivity index (χ0v) is 15.6. The third kappa shape index (κ3) is 4.21. The first kappa shape index (κ1) is 20.3. The van der Waals surface area contributed by atoms with E-state index in [2.05, 4.69) is 12.0 Å². The summed E-state index contributed by atoms with van der Waals surface area (Å²) in [5.74, 6) is -0.228. The number of hydrogen-bond donors (Lipinski definition) is 3. The second-order valence-corrected chi connectivity index (χ2v) is 8.56. The van der Waals surface area contributed by atoms with E-state index < -0.39 is 9.98 Å². The summed E-state index contributed by atoms with van der Waals surface area (Å²) in [7, 11) is -1.67. The minimum absolute atomic E-state index is 0. The Bertz CT molecular complexity index is 727. The molecule has 3 unspecified atom stereocenters. The molecule has 25 heavy (non-hydrogen) atoms. The third-order valence-electron chi connectivity index (χ3n) is 5.48. The number of nitrogens with one attached hydrogen (secondary N) is 1. The molecule has 0 spiro atoms. The van der Waals surface area contributed by atoms with E-state index in [1.165, 1.54) is 24.3 Å². The number of quaternary nitrogens is 1. The highest BCUT2D eigenvalue weighted by atomic mass is 35.5. The molecule has 0 radical (unpaired) electrons. The van der Waals surface area contributed by atoms with Crippen molar-refractivity contribution in [3.8, 4) is 0 Å². The number of likely N-dealkylation sites (N-methyl/N-ethyl adjacent to an activating group) is 1. The van der Waals surface area contributed by atoms with Crippen molar-refractivity contribution in [3.05, 3.63) is 24.3 Å². The van der Waals surface area contributed by atoms with Crippen LogP contribution < -0.4 is 0 Å². The van der Waals surface area contributed by atoms with Crippen LogP contribution in [0.3, 0.4) is 0 Å². The number of hydrogen-bond acceptors (Lipinski definition) is 4. The van der Waals surface area contributed by atoms with Crippen molar-refractivity contribution < 1.29 is 23.5 Å². The molecular formula is C16H24ClN3O4S. The third-order valence-corrected chi connectivity index (χ3v) is 6.39. The van der Waals surface area contributed by atoms with E-state index in [0.29, 0.717) is 28.8 Å². The van der Waals surface area contributed by atoms with Crippen LogP contribution >= 0.6 is 12.4 Å². The van der Waals surface area contributed by atoms with Crippen LogP contribution in [-0.4, -0.2) is 67.0 Å². The number of carbonyl (C=O) groups is 1. The number of piperidine rings is 1. The Kier molecular flexibility index (Phi) is 5.92. The lowest BCUT2D eigenvalue weighted by molar-refractivity contribution is -0.942. The van der Waals surface area contributed by atoms with Crippen LogP contribution in [0.15, 0.2) is 29.3 Å². The quantitative estimate of drug-likeness (QED) is 0.487. The molecular weight excluding hydrogens is 366 g/mol. The highest BCUT2D eigenvalue weighted by Gasteiger charge is 2.51. The number of aliphatic imine (C=N–C) groups is 1. The molecule has 2 bridgehead atoms. The summed E-state index contributed by atoms with van der Waals surface area (Å²) in [6, 6.07) is 0.616. The van der Waals surface area contributed by atoms with Crippen molar-refractivity contribution in [2.24, 2.45) is 4.99 Å². The van der Waals surface area contributed by atoms with Crippen molar-refractivity contribution >= 4 is 38.9 Å². The van der Waals surface area contributed by atoms with Crippen LogP contribution in [0.1, 0.15) is 25.7 Å². The Balaban J connectivity index is 0.00000225. The summed E-state index contributed by atoms with van der Waals surface area (Å²) in [5, 5.41) is 9.91. The molecule has 7 nitrogen and oxygen atoms in total. The van der Waals surface area contributed by atoms with Gasteiger partial charge in [-0.25, -0.2) is 4.99 Å². The first-order chi connectivity index (χ1) is 11.2. The standard InChI is InChI=1S/C16H23N3O4S.ClH/c1-19(12-4-5-13(19)9-14(20)8-12)10-16(21)18-11-2-6-15(7-3-11)24(17,22)23;/h2-3,6-7,12-14,20H,4-5,8-10H2,1H3,(H2-,17,18,21,22,23);1H. The first-order valence-corrected chi connectivity index (χ1v) is 9.59. The lowest BCUT2D eigenvalue weighted by atomic mass is 9.97. The van der Waals surface area contributed by atoms with E-state index in [4.69, 9.17) is 4.78 Å². The van der Waals surface area contributed by atoms with Crippen molar-refractivity contribution in [1.29, 1.82) is 4.78 Å². The van der Waals surface area contributed by atoms with Gasteiger partial charge < -0.3 is 18.7 Å². The summed E-state index contributed by atoms with van der Waals surface area (Å²) in [6.45, 7) is 0.305. The van der Waals surface area contributed by atoms with Crippen LogP contribution in [0.25, 0.3) is 0 Å². The second-order valence-electron chi connectivity index (χ2n) is 7.04. The molecule has 1 amide bonds. The number of carbonyl (C=O) groups excluding carboxylic acids is 1. The SMILES string of the molecule is C[N+]1(CC(=O)N=C2C=CC(=S(=N)([O-])O)C=C2)C2CCC1CC(O)C2.Cl. The number of nitrogens with zero attached hydrogens (tertiary/aromatic N) is 2. The smallest absolute Gasteiger partial charge is 0.301 e. The van der Waals surface area contributed by atoms with Crippen LogP contribution in [0.4, 0.5) is 0 Å². The number of amides is 1. The van der Waals surface area contributed by atoms with E-state index in [1.54, 1.807) is 0 Å². The Morgan fingerprint density at radius 2 is 1.84 bits per heavy atom.